The lowest BCUT2D eigenvalue weighted by molar-refractivity contribution is -0.145. The summed E-state index contributed by atoms with van der Waals surface area (Å²) in [6, 6.07) is 23.1. The van der Waals surface area contributed by atoms with Crippen LogP contribution >= 0.6 is 22.9 Å². The zero-order valence-electron chi connectivity index (χ0n) is 30.5. The van der Waals surface area contributed by atoms with Gasteiger partial charge in [-0.05, 0) is 78.2 Å². The first kappa shape index (κ1) is 38.9. The van der Waals surface area contributed by atoms with Crippen LogP contribution in [-0.4, -0.2) is 67.7 Å². The number of carboxylic acids is 1. The van der Waals surface area contributed by atoms with Gasteiger partial charge in [0.2, 0.25) is 12.0 Å². The van der Waals surface area contributed by atoms with Crippen molar-refractivity contribution in [3.63, 3.8) is 0 Å². The summed E-state index contributed by atoms with van der Waals surface area (Å²) in [5.41, 5.74) is 4.08. The van der Waals surface area contributed by atoms with E-state index in [0.717, 1.165) is 0 Å². The van der Waals surface area contributed by atoms with Crippen LogP contribution in [0.25, 0.3) is 43.2 Å². The van der Waals surface area contributed by atoms with Crippen LogP contribution in [0, 0.1) is 12.7 Å². The van der Waals surface area contributed by atoms with Gasteiger partial charge in [0.1, 0.15) is 53.2 Å². The molecule has 0 aliphatic rings. The molecular weight excluding hydrogens is 775 g/mol. The van der Waals surface area contributed by atoms with Gasteiger partial charge >= 0.3 is 5.97 Å². The first-order chi connectivity index (χ1) is 27.6. The smallest absolute Gasteiger partial charge is 0.345 e. The number of para-hydroxylation sites is 1. The zero-order valence-corrected chi connectivity index (χ0v) is 32.1. The molecule has 15 heteroatoms. The van der Waals surface area contributed by atoms with Crippen LogP contribution in [0.15, 0.2) is 97.5 Å². The number of phenols is 1. The van der Waals surface area contributed by atoms with Crippen molar-refractivity contribution in [2.24, 2.45) is 0 Å². The third kappa shape index (κ3) is 8.43. The van der Waals surface area contributed by atoms with Gasteiger partial charge in [0.15, 0.2) is 5.82 Å². The van der Waals surface area contributed by atoms with Crippen LogP contribution in [0.3, 0.4) is 0 Å². The van der Waals surface area contributed by atoms with Crippen LogP contribution in [0.5, 0.6) is 28.9 Å². The molecule has 290 valence electrons. The molecule has 1 atom stereocenters. The highest BCUT2D eigenvalue weighted by Gasteiger charge is 2.28. The highest BCUT2D eigenvalue weighted by atomic mass is 35.5. The first-order valence-electron chi connectivity index (χ1n) is 17.5. The van der Waals surface area contributed by atoms with Crippen molar-refractivity contribution >= 4 is 39.1 Å². The number of hydrogen-bond donors (Lipinski definition) is 3. The van der Waals surface area contributed by atoms with Crippen LogP contribution in [-0.2, 0) is 17.8 Å². The van der Waals surface area contributed by atoms with Crippen molar-refractivity contribution in [2.45, 2.75) is 26.1 Å². The number of aliphatic hydroxyl groups is 1. The summed E-state index contributed by atoms with van der Waals surface area (Å²) in [6.07, 6.45) is 1.20. The van der Waals surface area contributed by atoms with E-state index < -0.39 is 17.9 Å². The average Bonchev–Trinajstić information content (AvgIpc) is 3.62. The first-order valence-corrected chi connectivity index (χ1v) is 18.7. The third-order valence-electron chi connectivity index (χ3n) is 8.96. The number of ether oxygens (including phenoxy) is 4. The lowest BCUT2D eigenvalue weighted by Gasteiger charge is -2.19. The molecule has 0 fully saturated rings. The van der Waals surface area contributed by atoms with Gasteiger partial charge in [-0.1, -0.05) is 41.9 Å². The van der Waals surface area contributed by atoms with Gasteiger partial charge in [-0.3, -0.25) is 0 Å². The summed E-state index contributed by atoms with van der Waals surface area (Å²) in [5.74, 6) is -0.0552. The van der Waals surface area contributed by atoms with Crippen molar-refractivity contribution in [1.29, 1.82) is 0 Å². The third-order valence-corrected chi connectivity index (χ3v) is 10.6. The number of benzene rings is 4. The second-order valence-electron chi connectivity index (χ2n) is 12.6. The summed E-state index contributed by atoms with van der Waals surface area (Å²) in [4.78, 5) is 32.1. The minimum Gasteiger partial charge on any atom is -0.506 e. The summed E-state index contributed by atoms with van der Waals surface area (Å²) >= 11 is 7.80. The maximum atomic E-state index is 14.0. The van der Waals surface area contributed by atoms with E-state index in [-0.39, 0.29) is 42.9 Å². The Hall–Kier alpha value is -6.35. The number of carboxylic acid groups (broad SMARTS) is 1. The Balaban J connectivity index is 1.25. The van der Waals surface area contributed by atoms with E-state index in [4.69, 9.17) is 30.5 Å². The van der Waals surface area contributed by atoms with Crippen molar-refractivity contribution < 1.29 is 43.5 Å². The highest BCUT2D eigenvalue weighted by molar-refractivity contribution is 7.22. The highest BCUT2D eigenvalue weighted by Crippen LogP contribution is 2.49. The Bertz CT molecular complexity index is 2570. The lowest BCUT2D eigenvalue weighted by Crippen LogP contribution is -2.30. The van der Waals surface area contributed by atoms with Crippen molar-refractivity contribution in [1.82, 2.24) is 19.9 Å². The van der Waals surface area contributed by atoms with E-state index in [2.05, 4.69) is 19.9 Å². The van der Waals surface area contributed by atoms with Gasteiger partial charge in [0.05, 0.1) is 35.4 Å². The van der Waals surface area contributed by atoms with Crippen LogP contribution in [0.4, 0.5) is 4.39 Å². The lowest BCUT2D eigenvalue weighted by atomic mass is 9.96. The fourth-order valence-electron chi connectivity index (χ4n) is 6.21. The molecule has 0 bridgehead atoms. The Morgan fingerprint density at radius 3 is 2.53 bits per heavy atom. The fraction of sp³-hybridized carbons (Fsp3) is 0.167. The van der Waals surface area contributed by atoms with E-state index in [1.165, 1.54) is 35.9 Å². The molecule has 3 aromatic heterocycles. The molecule has 12 nitrogen and oxygen atoms in total. The zero-order chi connectivity index (χ0) is 40.1. The molecule has 7 aromatic rings. The Morgan fingerprint density at radius 2 is 1.75 bits per heavy atom. The van der Waals surface area contributed by atoms with Crippen molar-refractivity contribution in [3.8, 4) is 61.8 Å². The number of hydrogen-bond acceptors (Lipinski definition) is 12. The molecule has 1 unspecified atom stereocenters. The van der Waals surface area contributed by atoms with Gasteiger partial charge in [-0.15, -0.1) is 11.3 Å². The van der Waals surface area contributed by atoms with Gasteiger partial charge in [0, 0.05) is 28.6 Å². The Labute approximate surface area is 334 Å². The SMILES string of the molecule is COc1ccccc1-c1nccc(COc2ccc(OCCO)cc2CC(Oc2ncnc3sc(-c4ccc(F)cc4)c(-c4ccc(O)c(Cl)c4C)c23)C(=O)O)n1. The van der Waals surface area contributed by atoms with E-state index in [1.54, 1.807) is 62.7 Å². The number of carbonyl (C=O) groups is 1. The minimum absolute atomic E-state index is 0.0125. The predicted molar refractivity (Wildman–Crippen MR) is 213 cm³/mol. The number of halogens is 2. The quantitative estimate of drug-likeness (QED) is 0.0908. The molecule has 3 heterocycles. The van der Waals surface area contributed by atoms with Crippen molar-refractivity contribution in [3.05, 3.63) is 125 Å². The second kappa shape index (κ2) is 17.2. The largest absolute Gasteiger partial charge is 0.506 e. The number of fused-ring (bicyclic) bond motifs is 1. The standard InChI is InChI=1S/C42H34ClFN4O8S/c1-23-29(12-13-31(50)37(23)43)35-36-40(46-22-47-41(36)57-38(35)24-7-9-26(44)10-8-24)56-34(42(51)52)20-25-19-28(54-18-17-49)11-14-32(25)55-21-27-15-16-45-39(48-27)30-5-3-4-6-33(30)53-2/h3-16,19,22,34,49-50H,17-18,20-21H2,1-2H3,(H,51,52). The number of methoxy groups -OCH3 is 1. The topological polar surface area (TPSA) is 166 Å². The second-order valence-corrected chi connectivity index (χ2v) is 14.0. The van der Waals surface area contributed by atoms with Crippen LogP contribution in [0.2, 0.25) is 5.02 Å². The van der Waals surface area contributed by atoms with Gasteiger partial charge in [-0.25, -0.2) is 29.1 Å². The molecule has 0 saturated heterocycles. The van der Waals surface area contributed by atoms with Gasteiger partial charge in [-0.2, -0.15) is 0 Å². The van der Waals surface area contributed by atoms with Gasteiger partial charge < -0.3 is 34.3 Å². The molecular formula is C42H34ClFN4O8S. The molecule has 0 amide bonds. The molecule has 4 aromatic carbocycles. The summed E-state index contributed by atoms with van der Waals surface area (Å²) in [5, 5.41) is 30.9. The average molecular weight is 809 g/mol. The molecule has 3 N–H and O–H groups in total. The minimum atomic E-state index is -1.50. The molecule has 57 heavy (non-hydrogen) atoms. The predicted octanol–water partition coefficient (Wildman–Crippen LogP) is 8.32. The van der Waals surface area contributed by atoms with Crippen molar-refractivity contribution in [2.75, 3.05) is 20.3 Å². The molecule has 0 aliphatic carbocycles. The number of aliphatic hydroxyl groups excluding tert-OH is 1. The Morgan fingerprint density at radius 1 is 0.947 bits per heavy atom. The molecule has 7 rings (SSSR count). The summed E-state index contributed by atoms with van der Waals surface area (Å²) in [6.45, 7) is 1.55. The maximum Gasteiger partial charge on any atom is 0.345 e. The summed E-state index contributed by atoms with van der Waals surface area (Å²) < 4.78 is 37.7. The molecule has 0 radical (unpaired) electrons. The maximum absolute atomic E-state index is 14.0. The molecule has 0 spiro atoms. The number of rotatable bonds is 15. The number of nitrogens with zero attached hydrogens (tertiary/aromatic N) is 4. The molecule has 0 saturated carbocycles. The van der Waals surface area contributed by atoms with E-state index in [1.807, 2.05) is 24.3 Å². The summed E-state index contributed by atoms with van der Waals surface area (Å²) in [7, 11) is 1.57. The van der Waals surface area contributed by atoms with E-state index in [0.29, 0.717) is 77.2 Å². The fourth-order valence-corrected chi connectivity index (χ4v) is 7.53. The number of aromatic hydroxyl groups is 1. The van der Waals surface area contributed by atoms with E-state index >= 15 is 0 Å². The van der Waals surface area contributed by atoms with E-state index in [9.17, 15) is 24.5 Å². The Kier molecular flexibility index (Phi) is 11.7. The van der Waals surface area contributed by atoms with Crippen LogP contribution < -0.4 is 18.9 Å². The number of thiophene rings is 1. The van der Waals surface area contributed by atoms with Crippen LogP contribution in [0.1, 0.15) is 16.8 Å². The molecule has 0 aliphatic heterocycles. The number of aromatic nitrogens is 4. The number of phenolic OH excluding ortho intramolecular Hbond substituents is 1. The number of aliphatic carboxylic acids is 1. The normalized spacial score (nSPS) is 11.7. The monoisotopic (exact) mass is 808 g/mol. The van der Waals surface area contributed by atoms with Gasteiger partial charge in [0.25, 0.3) is 0 Å².